The van der Waals surface area contributed by atoms with Gasteiger partial charge in [-0.1, -0.05) is 127 Å². The van der Waals surface area contributed by atoms with Gasteiger partial charge in [0.05, 0.1) is 40.3 Å². The van der Waals surface area contributed by atoms with Crippen molar-refractivity contribution >= 4 is 17.9 Å². The first-order chi connectivity index (χ1) is 23.1. The Balaban J connectivity index is 4.56. The lowest BCUT2D eigenvalue weighted by molar-refractivity contribution is -0.889. The van der Waals surface area contributed by atoms with Gasteiger partial charge in [-0.3, -0.25) is 9.59 Å². The second-order valence-electron chi connectivity index (χ2n) is 13.4. The summed E-state index contributed by atoms with van der Waals surface area (Å²) in [6.07, 6.45) is 34.4. The molecule has 8 heteroatoms. The van der Waals surface area contributed by atoms with Crippen molar-refractivity contribution in [2.45, 2.75) is 148 Å². The van der Waals surface area contributed by atoms with Gasteiger partial charge in [0.2, 0.25) is 0 Å². The molecule has 0 rings (SSSR count). The van der Waals surface area contributed by atoms with Crippen LogP contribution in [0, 0.1) is 0 Å². The Morgan fingerprint density at radius 2 is 1.17 bits per heavy atom. The van der Waals surface area contributed by atoms with Crippen LogP contribution in [0.3, 0.4) is 0 Å². The van der Waals surface area contributed by atoms with E-state index in [9.17, 15) is 19.5 Å². The molecule has 0 spiro atoms. The van der Waals surface area contributed by atoms with Crippen molar-refractivity contribution in [1.82, 2.24) is 0 Å². The van der Waals surface area contributed by atoms with Crippen LogP contribution in [0.1, 0.15) is 136 Å². The molecule has 48 heavy (non-hydrogen) atoms. The Bertz CT molecular complexity index is 932. The van der Waals surface area contributed by atoms with Crippen LogP contribution in [0.2, 0.25) is 0 Å². The van der Waals surface area contributed by atoms with E-state index in [0.29, 0.717) is 12.8 Å². The summed E-state index contributed by atoms with van der Waals surface area (Å²) < 4.78 is 17.0. The fourth-order valence-electron chi connectivity index (χ4n) is 5.08. The number of likely N-dealkylation sites (N-methyl/N-ethyl adjacent to an activating group) is 1. The molecule has 0 aliphatic heterocycles. The second kappa shape index (κ2) is 31.6. The van der Waals surface area contributed by atoms with Crippen molar-refractivity contribution in [3.8, 4) is 0 Å². The number of esters is 2. The number of unbranched alkanes of at least 4 members (excludes halogenated alkanes) is 10. The number of quaternary nitrogens is 1. The average Bonchev–Trinajstić information content (AvgIpc) is 3.03. The number of nitrogens with zero attached hydrogens (tertiary/aromatic N) is 1. The van der Waals surface area contributed by atoms with E-state index in [1.54, 1.807) is 21.1 Å². The summed E-state index contributed by atoms with van der Waals surface area (Å²) in [6, 6.07) is -0.735. The maximum absolute atomic E-state index is 12.6. The zero-order valence-corrected chi connectivity index (χ0v) is 31.1. The summed E-state index contributed by atoms with van der Waals surface area (Å²) >= 11 is 0. The number of hydrogen-bond acceptors (Lipinski definition) is 7. The standard InChI is InChI=1S/C40H69NO7/c1-6-8-10-12-14-16-18-19-21-23-25-27-29-31-39(43)48-36(34-46-33-32-37(40(44)45)41(3,4)5)35-47-38(42)30-28-26-24-22-20-17-15-13-11-9-7-2/h8,10,14,16,19,21,25,27,36-37H,6-7,9,11-13,15,17-18,20,22-24,26,28-35H2,1-5H3/b10-8-,16-14-,21-19-,27-25-. The van der Waals surface area contributed by atoms with Crippen LogP contribution in [0.5, 0.6) is 0 Å². The first-order valence-electron chi connectivity index (χ1n) is 18.7. The summed E-state index contributed by atoms with van der Waals surface area (Å²) in [4.78, 5) is 36.5. The average molecular weight is 676 g/mol. The predicted octanol–water partition coefficient (Wildman–Crippen LogP) is 7.96. The first-order valence-corrected chi connectivity index (χ1v) is 18.7. The third-order valence-electron chi connectivity index (χ3n) is 7.99. The van der Waals surface area contributed by atoms with Crippen molar-refractivity contribution in [2.24, 2.45) is 0 Å². The van der Waals surface area contributed by atoms with Gasteiger partial charge in [-0.2, -0.15) is 0 Å². The highest BCUT2D eigenvalue weighted by Crippen LogP contribution is 2.13. The molecule has 0 aliphatic rings. The van der Waals surface area contributed by atoms with E-state index in [2.05, 4.69) is 50.3 Å². The molecule has 0 N–H and O–H groups in total. The van der Waals surface area contributed by atoms with Gasteiger partial charge < -0.3 is 28.6 Å². The molecule has 276 valence electrons. The number of aliphatic carboxylic acids is 1. The zero-order chi connectivity index (χ0) is 35.7. The van der Waals surface area contributed by atoms with Crippen LogP contribution in [-0.4, -0.2) is 75.5 Å². The first kappa shape index (κ1) is 45.3. The highest BCUT2D eigenvalue weighted by molar-refractivity contribution is 5.70. The number of ether oxygens (including phenoxy) is 3. The molecule has 0 heterocycles. The molecular weight excluding hydrogens is 606 g/mol. The van der Waals surface area contributed by atoms with Crippen LogP contribution in [-0.2, 0) is 28.6 Å². The highest BCUT2D eigenvalue weighted by Gasteiger charge is 2.25. The third kappa shape index (κ3) is 29.4. The maximum Gasteiger partial charge on any atom is 0.306 e. The molecule has 0 aromatic rings. The lowest BCUT2D eigenvalue weighted by Crippen LogP contribution is -2.55. The van der Waals surface area contributed by atoms with Crippen molar-refractivity contribution in [3.05, 3.63) is 48.6 Å². The quantitative estimate of drug-likeness (QED) is 0.0309. The van der Waals surface area contributed by atoms with Crippen molar-refractivity contribution in [2.75, 3.05) is 41.0 Å². The molecule has 0 saturated heterocycles. The van der Waals surface area contributed by atoms with Gasteiger partial charge in [0.25, 0.3) is 0 Å². The summed E-state index contributed by atoms with van der Waals surface area (Å²) in [7, 11) is 5.37. The van der Waals surface area contributed by atoms with E-state index in [1.807, 2.05) is 12.2 Å². The maximum atomic E-state index is 12.6. The van der Waals surface area contributed by atoms with Crippen molar-refractivity contribution < 1.29 is 38.2 Å². The Labute approximate surface area is 293 Å². The molecule has 0 aliphatic carbocycles. The molecule has 0 radical (unpaired) electrons. The Morgan fingerprint density at radius 3 is 1.69 bits per heavy atom. The molecular formula is C40H69NO7. The van der Waals surface area contributed by atoms with Gasteiger partial charge in [0, 0.05) is 19.3 Å². The van der Waals surface area contributed by atoms with E-state index in [0.717, 1.165) is 44.9 Å². The van der Waals surface area contributed by atoms with Crippen LogP contribution < -0.4 is 5.11 Å². The Morgan fingerprint density at radius 1 is 0.646 bits per heavy atom. The summed E-state index contributed by atoms with van der Waals surface area (Å²) in [6.45, 7) is 4.43. The van der Waals surface area contributed by atoms with E-state index in [4.69, 9.17) is 14.2 Å². The number of allylic oxidation sites excluding steroid dienone is 8. The number of carbonyl (C=O) groups is 3. The van der Waals surface area contributed by atoms with Crippen molar-refractivity contribution in [1.29, 1.82) is 0 Å². The number of hydrogen-bond donors (Lipinski definition) is 0. The van der Waals surface area contributed by atoms with E-state index >= 15 is 0 Å². The van der Waals surface area contributed by atoms with Crippen LogP contribution >= 0.6 is 0 Å². The largest absolute Gasteiger partial charge is 0.544 e. The molecule has 0 amide bonds. The number of carboxylic acids is 1. The molecule has 0 saturated carbocycles. The number of carbonyl (C=O) groups excluding carboxylic acids is 3. The topological polar surface area (TPSA) is 102 Å². The van der Waals surface area contributed by atoms with Gasteiger partial charge in [0.1, 0.15) is 12.6 Å². The predicted molar refractivity (Wildman–Crippen MR) is 194 cm³/mol. The number of rotatable bonds is 32. The van der Waals surface area contributed by atoms with Crippen LogP contribution in [0.25, 0.3) is 0 Å². The smallest absolute Gasteiger partial charge is 0.306 e. The third-order valence-corrected chi connectivity index (χ3v) is 7.99. The van der Waals surface area contributed by atoms with E-state index in [-0.39, 0.29) is 43.1 Å². The van der Waals surface area contributed by atoms with Gasteiger partial charge in [-0.25, -0.2) is 0 Å². The monoisotopic (exact) mass is 676 g/mol. The minimum absolute atomic E-state index is 0.0122. The lowest BCUT2D eigenvalue weighted by atomic mass is 10.1. The summed E-state index contributed by atoms with van der Waals surface area (Å²) in [5, 5.41) is 11.6. The molecule has 8 nitrogen and oxygen atoms in total. The SMILES string of the molecule is CC/C=C\C/C=C\C/C=C\C/C=C\CCC(=O)OC(COCCC(C(=O)[O-])[N+](C)(C)C)COC(=O)CCCCCCCCCCCCC. The molecule has 0 bridgehead atoms. The lowest BCUT2D eigenvalue weighted by Gasteiger charge is -2.34. The van der Waals surface area contributed by atoms with Gasteiger partial charge >= 0.3 is 11.9 Å². The van der Waals surface area contributed by atoms with Gasteiger partial charge in [-0.15, -0.1) is 0 Å². The van der Waals surface area contributed by atoms with Gasteiger partial charge in [-0.05, 0) is 38.5 Å². The minimum atomic E-state index is -1.14. The van der Waals surface area contributed by atoms with Gasteiger partial charge in [0.15, 0.2) is 6.10 Å². The van der Waals surface area contributed by atoms with Crippen LogP contribution in [0.4, 0.5) is 0 Å². The Hall–Kier alpha value is -2.71. The summed E-state index contributed by atoms with van der Waals surface area (Å²) in [5.41, 5.74) is 0. The Kier molecular flexibility index (Phi) is 29.8. The molecule has 0 fully saturated rings. The zero-order valence-electron chi connectivity index (χ0n) is 31.1. The molecule has 2 unspecified atom stereocenters. The molecule has 2 atom stereocenters. The molecule has 0 aromatic carbocycles. The van der Waals surface area contributed by atoms with E-state index < -0.39 is 24.1 Å². The minimum Gasteiger partial charge on any atom is -0.544 e. The highest BCUT2D eigenvalue weighted by atomic mass is 16.6. The fraction of sp³-hybridized carbons (Fsp3) is 0.725. The second-order valence-corrected chi connectivity index (χ2v) is 13.4. The number of carboxylic acid groups (broad SMARTS) is 1. The fourth-order valence-corrected chi connectivity index (χ4v) is 5.08. The molecule has 0 aromatic heterocycles. The van der Waals surface area contributed by atoms with Crippen LogP contribution in [0.15, 0.2) is 48.6 Å². The summed E-state index contributed by atoms with van der Waals surface area (Å²) in [5.74, 6) is -1.85. The van der Waals surface area contributed by atoms with Crippen molar-refractivity contribution in [3.63, 3.8) is 0 Å². The van der Waals surface area contributed by atoms with E-state index in [1.165, 1.54) is 51.4 Å². The normalized spacial score (nSPS) is 13.6.